The van der Waals surface area contributed by atoms with E-state index >= 15 is 0 Å². The number of aromatic nitrogens is 1. The van der Waals surface area contributed by atoms with Gasteiger partial charge in [-0.25, -0.2) is 4.79 Å². The lowest BCUT2D eigenvalue weighted by Crippen LogP contribution is -2.08. The number of hydrogen-bond donors (Lipinski definition) is 2. The first-order valence-electron chi connectivity index (χ1n) is 6.76. The lowest BCUT2D eigenvalue weighted by atomic mass is 9.99. The van der Waals surface area contributed by atoms with Crippen molar-refractivity contribution >= 4 is 23.4 Å². The van der Waals surface area contributed by atoms with Gasteiger partial charge in [-0.05, 0) is 44.5 Å². The van der Waals surface area contributed by atoms with Crippen molar-refractivity contribution in [2.45, 2.75) is 20.8 Å². The van der Waals surface area contributed by atoms with Gasteiger partial charge < -0.3 is 14.8 Å². The summed E-state index contributed by atoms with van der Waals surface area (Å²) in [5, 5.41) is 9.53. The summed E-state index contributed by atoms with van der Waals surface area (Å²) in [5.74, 6) is -0.859. The molecular formula is C16H16ClNO4. The maximum absolute atomic E-state index is 12.6. The van der Waals surface area contributed by atoms with E-state index in [-0.39, 0.29) is 28.9 Å². The minimum atomic E-state index is -0.495. The number of aromatic amines is 1. The molecule has 0 saturated carbocycles. The Bertz CT molecular complexity index is 749. The number of hydrogen-bond acceptors (Lipinski definition) is 4. The molecule has 0 unspecified atom stereocenters. The van der Waals surface area contributed by atoms with Crippen LogP contribution in [0.15, 0.2) is 18.2 Å². The SMILES string of the molecule is CCOC(=O)c1[nH]c(C)c(C(=O)c2ccc(O)c(Cl)c2)c1C. The molecule has 1 heterocycles. The van der Waals surface area contributed by atoms with Crippen molar-refractivity contribution in [3.05, 3.63) is 51.3 Å². The number of nitrogens with one attached hydrogen (secondary N) is 1. The Morgan fingerprint density at radius 2 is 2.00 bits per heavy atom. The van der Waals surface area contributed by atoms with E-state index in [1.54, 1.807) is 20.8 Å². The summed E-state index contributed by atoms with van der Waals surface area (Å²) in [6.45, 7) is 5.37. The number of rotatable bonds is 4. The third kappa shape index (κ3) is 2.85. The molecule has 2 rings (SSSR count). The van der Waals surface area contributed by atoms with Gasteiger partial charge in [-0.3, -0.25) is 4.79 Å². The first kappa shape index (κ1) is 16.1. The number of carbonyl (C=O) groups excluding carboxylic acids is 2. The molecule has 1 aromatic heterocycles. The average molecular weight is 322 g/mol. The van der Waals surface area contributed by atoms with Crippen LogP contribution < -0.4 is 0 Å². The number of phenolic OH excluding ortho intramolecular Hbond substituents is 1. The third-order valence-electron chi connectivity index (χ3n) is 3.35. The quantitative estimate of drug-likeness (QED) is 0.668. The molecule has 0 aliphatic heterocycles. The molecule has 2 aromatic rings. The van der Waals surface area contributed by atoms with Crippen LogP contribution in [0.4, 0.5) is 0 Å². The first-order valence-corrected chi connectivity index (χ1v) is 7.14. The molecular weight excluding hydrogens is 306 g/mol. The molecule has 116 valence electrons. The summed E-state index contributed by atoms with van der Waals surface area (Å²) in [4.78, 5) is 27.4. The topological polar surface area (TPSA) is 79.4 Å². The van der Waals surface area contributed by atoms with Crippen molar-refractivity contribution < 1.29 is 19.4 Å². The number of phenols is 1. The van der Waals surface area contributed by atoms with Crippen LogP contribution in [0.5, 0.6) is 5.75 Å². The number of ether oxygens (including phenoxy) is 1. The predicted octanol–water partition coefficient (Wildman–Crippen LogP) is 3.40. The molecule has 0 bridgehead atoms. The number of aromatic hydroxyl groups is 1. The van der Waals surface area contributed by atoms with Gasteiger partial charge in [0.05, 0.1) is 11.6 Å². The van der Waals surface area contributed by atoms with Gasteiger partial charge in [-0.1, -0.05) is 11.6 Å². The molecule has 2 N–H and O–H groups in total. The van der Waals surface area contributed by atoms with Crippen LogP contribution in [0.3, 0.4) is 0 Å². The fourth-order valence-electron chi connectivity index (χ4n) is 2.29. The van der Waals surface area contributed by atoms with Gasteiger partial charge in [0.1, 0.15) is 11.4 Å². The summed E-state index contributed by atoms with van der Waals surface area (Å²) in [6, 6.07) is 4.24. The smallest absolute Gasteiger partial charge is 0.355 e. The van der Waals surface area contributed by atoms with Crippen LogP contribution in [0.2, 0.25) is 5.02 Å². The Labute approximate surface area is 132 Å². The van der Waals surface area contributed by atoms with E-state index in [9.17, 15) is 14.7 Å². The van der Waals surface area contributed by atoms with E-state index in [0.717, 1.165) is 0 Å². The minimum Gasteiger partial charge on any atom is -0.506 e. The second-order valence-electron chi connectivity index (χ2n) is 4.84. The summed E-state index contributed by atoms with van der Waals surface area (Å²) >= 11 is 5.84. The molecule has 0 amide bonds. The highest BCUT2D eigenvalue weighted by molar-refractivity contribution is 6.32. The summed E-state index contributed by atoms with van der Waals surface area (Å²) in [5.41, 5.74) is 2.13. The molecule has 5 nitrogen and oxygen atoms in total. The molecule has 0 aliphatic rings. The van der Waals surface area contributed by atoms with Crippen molar-refractivity contribution in [1.29, 1.82) is 0 Å². The number of halogens is 1. The third-order valence-corrected chi connectivity index (χ3v) is 3.66. The van der Waals surface area contributed by atoms with Crippen LogP contribution in [-0.4, -0.2) is 28.4 Å². The molecule has 0 spiro atoms. The zero-order valence-corrected chi connectivity index (χ0v) is 13.2. The number of ketones is 1. The standard InChI is InChI=1S/C16H16ClNO4/c1-4-22-16(21)14-8(2)13(9(3)18-14)15(20)10-5-6-12(19)11(17)7-10/h5-7,18-19H,4H2,1-3H3. The van der Waals surface area contributed by atoms with E-state index in [1.165, 1.54) is 18.2 Å². The number of benzene rings is 1. The minimum absolute atomic E-state index is 0.0899. The van der Waals surface area contributed by atoms with Gasteiger partial charge in [0, 0.05) is 16.8 Å². The summed E-state index contributed by atoms with van der Waals surface area (Å²) < 4.78 is 4.96. The number of esters is 1. The molecule has 22 heavy (non-hydrogen) atoms. The second kappa shape index (κ2) is 6.23. The van der Waals surface area contributed by atoms with Crippen molar-refractivity contribution in [1.82, 2.24) is 4.98 Å². The Morgan fingerprint density at radius 3 is 2.59 bits per heavy atom. The number of carbonyl (C=O) groups is 2. The van der Waals surface area contributed by atoms with Gasteiger partial charge in [-0.2, -0.15) is 0 Å². The maximum Gasteiger partial charge on any atom is 0.355 e. The lowest BCUT2D eigenvalue weighted by molar-refractivity contribution is 0.0519. The molecule has 0 aliphatic carbocycles. The Kier molecular flexibility index (Phi) is 4.56. The molecule has 0 fully saturated rings. The van der Waals surface area contributed by atoms with Crippen LogP contribution in [0, 0.1) is 13.8 Å². The molecule has 0 atom stereocenters. The number of H-pyrrole nitrogens is 1. The van der Waals surface area contributed by atoms with Gasteiger partial charge in [-0.15, -0.1) is 0 Å². The molecule has 0 saturated heterocycles. The maximum atomic E-state index is 12.6. The Hall–Kier alpha value is -2.27. The zero-order chi connectivity index (χ0) is 16.4. The first-order chi connectivity index (χ1) is 10.4. The highest BCUT2D eigenvalue weighted by Gasteiger charge is 2.23. The fraction of sp³-hybridized carbons (Fsp3) is 0.250. The average Bonchev–Trinajstić information content (AvgIpc) is 2.76. The van der Waals surface area contributed by atoms with Crippen LogP contribution in [0.1, 0.15) is 44.6 Å². The Balaban J connectivity index is 2.46. The van der Waals surface area contributed by atoms with Gasteiger partial charge in [0.25, 0.3) is 0 Å². The predicted molar refractivity (Wildman–Crippen MR) is 82.8 cm³/mol. The van der Waals surface area contributed by atoms with E-state index < -0.39 is 5.97 Å². The van der Waals surface area contributed by atoms with Gasteiger partial charge in [0.15, 0.2) is 5.78 Å². The van der Waals surface area contributed by atoms with Crippen molar-refractivity contribution in [2.24, 2.45) is 0 Å². The van der Waals surface area contributed by atoms with E-state index in [1.807, 2.05) is 0 Å². The van der Waals surface area contributed by atoms with Crippen molar-refractivity contribution in [2.75, 3.05) is 6.61 Å². The summed E-state index contributed by atoms with van der Waals surface area (Å²) in [7, 11) is 0. The number of aryl methyl sites for hydroxylation is 1. The van der Waals surface area contributed by atoms with E-state index in [0.29, 0.717) is 22.4 Å². The lowest BCUT2D eigenvalue weighted by Gasteiger charge is -2.04. The monoisotopic (exact) mass is 321 g/mol. The highest BCUT2D eigenvalue weighted by atomic mass is 35.5. The van der Waals surface area contributed by atoms with Crippen LogP contribution >= 0.6 is 11.6 Å². The second-order valence-corrected chi connectivity index (χ2v) is 5.25. The van der Waals surface area contributed by atoms with Gasteiger partial charge >= 0.3 is 5.97 Å². The Morgan fingerprint density at radius 1 is 1.32 bits per heavy atom. The van der Waals surface area contributed by atoms with E-state index in [4.69, 9.17) is 16.3 Å². The fourth-order valence-corrected chi connectivity index (χ4v) is 2.47. The van der Waals surface area contributed by atoms with Gasteiger partial charge in [0.2, 0.25) is 0 Å². The highest BCUT2D eigenvalue weighted by Crippen LogP contribution is 2.27. The van der Waals surface area contributed by atoms with Crippen LogP contribution in [-0.2, 0) is 4.74 Å². The van der Waals surface area contributed by atoms with Crippen molar-refractivity contribution in [3.8, 4) is 5.75 Å². The van der Waals surface area contributed by atoms with Crippen LogP contribution in [0.25, 0.3) is 0 Å². The summed E-state index contributed by atoms with van der Waals surface area (Å²) in [6.07, 6.45) is 0. The normalized spacial score (nSPS) is 10.5. The zero-order valence-electron chi connectivity index (χ0n) is 12.5. The van der Waals surface area contributed by atoms with Crippen molar-refractivity contribution in [3.63, 3.8) is 0 Å². The largest absolute Gasteiger partial charge is 0.506 e. The van der Waals surface area contributed by atoms with E-state index in [2.05, 4.69) is 4.98 Å². The molecule has 1 aromatic carbocycles. The molecule has 6 heteroatoms. The molecule has 0 radical (unpaired) electrons.